The van der Waals surface area contributed by atoms with Gasteiger partial charge in [-0.15, -0.1) is 0 Å². The van der Waals surface area contributed by atoms with Gasteiger partial charge in [-0.05, 0) is 18.6 Å². The van der Waals surface area contributed by atoms with E-state index in [1.165, 1.54) is 0 Å². The van der Waals surface area contributed by atoms with Crippen LogP contribution in [0, 0.1) is 6.92 Å². The third-order valence-electron chi connectivity index (χ3n) is 4.56. The Bertz CT molecular complexity index is 1050. The second-order valence-electron chi connectivity index (χ2n) is 6.18. The maximum Gasteiger partial charge on any atom is 0.198 e. The largest absolute Gasteiger partial charge is 0.506 e. The van der Waals surface area contributed by atoms with E-state index >= 15 is 0 Å². The molecule has 0 aliphatic heterocycles. The maximum absolute atomic E-state index is 12.9. The van der Waals surface area contributed by atoms with E-state index in [1.54, 1.807) is 30.3 Å². The average molecular weight is 329 g/mol. The van der Waals surface area contributed by atoms with Crippen molar-refractivity contribution in [3.05, 3.63) is 82.4 Å². The van der Waals surface area contributed by atoms with Crippen LogP contribution in [0.25, 0.3) is 11.1 Å². The maximum atomic E-state index is 12.9. The Morgan fingerprint density at radius 3 is 1.96 bits per heavy atom. The molecule has 4 nitrogen and oxygen atoms in total. The quantitative estimate of drug-likeness (QED) is 0.412. The van der Waals surface area contributed by atoms with Gasteiger partial charge in [-0.2, -0.15) is 0 Å². The summed E-state index contributed by atoms with van der Waals surface area (Å²) in [5.74, 6) is -0.933. The number of ketones is 2. The molecule has 0 spiro atoms. The third kappa shape index (κ3) is 2.15. The lowest BCUT2D eigenvalue weighted by atomic mass is 9.81. The van der Waals surface area contributed by atoms with E-state index in [4.69, 9.17) is 5.73 Å². The van der Waals surface area contributed by atoms with Crippen molar-refractivity contribution >= 4 is 17.3 Å². The van der Waals surface area contributed by atoms with Gasteiger partial charge in [0.05, 0.1) is 11.1 Å². The van der Waals surface area contributed by atoms with Gasteiger partial charge in [0.2, 0.25) is 0 Å². The van der Waals surface area contributed by atoms with Crippen LogP contribution in [0.4, 0.5) is 5.69 Å². The van der Waals surface area contributed by atoms with Crippen molar-refractivity contribution < 1.29 is 14.7 Å². The van der Waals surface area contributed by atoms with E-state index in [0.717, 1.165) is 11.1 Å². The molecule has 3 aromatic carbocycles. The Labute approximate surface area is 144 Å². The zero-order valence-electron chi connectivity index (χ0n) is 13.5. The highest BCUT2D eigenvalue weighted by atomic mass is 16.3. The number of anilines is 1. The lowest BCUT2D eigenvalue weighted by Crippen LogP contribution is -2.22. The molecule has 0 saturated carbocycles. The summed E-state index contributed by atoms with van der Waals surface area (Å²) in [6.07, 6.45) is 0. The van der Waals surface area contributed by atoms with Crippen molar-refractivity contribution in [2.24, 2.45) is 0 Å². The molecular formula is C21H15NO3. The zero-order valence-corrected chi connectivity index (χ0v) is 13.5. The first-order chi connectivity index (χ1) is 12.0. The summed E-state index contributed by atoms with van der Waals surface area (Å²) in [5, 5.41) is 10.8. The van der Waals surface area contributed by atoms with Crippen LogP contribution in [0.1, 0.15) is 37.4 Å². The normalized spacial score (nSPS) is 12.7. The van der Waals surface area contributed by atoms with Crippen LogP contribution in [-0.4, -0.2) is 16.7 Å². The lowest BCUT2D eigenvalue weighted by Gasteiger charge is -2.21. The fraction of sp³-hybridized carbons (Fsp3) is 0.0476. The van der Waals surface area contributed by atoms with Crippen molar-refractivity contribution in [1.82, 2.24) is 0 Å². The molecule has 122 valence electrons. The minimum atomic E-state index is -0.386. The number of carbonyl (C=O) groups is 2. The van der Waals surface area contributed by atoms with Crippen molar-refractivity contribution in [3.8, 4) is 16.9 Å². The number of phenolic OH excluding ortho intramolecular Hbond substituents is 1. The van der Waals surface area contributed by atoms with Crippen molar-refractivity contribution in [1.29, 1.82) is 0 Å². The van der Waals surface area contributed by atoms with Gasteiger partial charge < -0.3 is 10.8 Å². The molecule has 25 heavy (non-hydrogen) atoms. The minimum absolute atomic E-state index is 0.0146. The number of hydrogen-bond acceptors (Lipinski definition) is 4. The first-order valence-electron chi connectivity index (χ1n) is 7.90. The summed E-state index contributed by atoms with van der Waals surface area (Å²) in [7, 11) is 0. The average Bonchev–Trinajstić information content (AvgIpc) is 2.62. The fourth-order valence-electron chi connectivity index (χ4n) is 3.26. The van der Waals surface area contributed by atoms with Crippen molar-refractivity contribution in [2.45, 2.75) is 6.92 Å². The van der Waals surface area contributed by atoms with Crippen LogP contribution in [0.3, 0.4) is 0 Å². The number of aromatic hydroxyl groups is 1. The molecule has 0 radical (unpaired) electrons. The molecule has 4 rings (SSSR count). The van der Waals surface area contributed by atoms with E-state index in [9.17, 15) is 14.7 Å². The summed E-state index contributed by atoms with van der Waals surface area (Å²) < 4.78 is 0. The van der Waals surface area contributed by atoms with Crippen molar-refractivity contribution in [2.75, 3.05) is 5.73 Å². The Balaban J connectivity index is 2.01. The molecule has 0 unspecified atom stereocenters. The standard InChI is InChI=1S/C21H15NO3/c1-11-6-8-12(9-7-11)15-10-16(22)17-18(21(15)25)20(24)14-5-3-2-4-13(14)19(17)23/h2-10,25H,22H2,1H3. The molecule has 4 heteroatoms. The molecule has 0 saturated heterocycles. The van der Waals surface area contributed by atoms with Gasteiger partial charge in [-0.3, -0.25) is 9.59 Å². The minimum Gasteiger partial charge on any atom is -0.506 e. The molecule has 0 amide bonds. The van der Waals surface area contributed by atoms with Crippen LogP contribution in [0.15, 0.2) is 54.6 Å². The molecule has 0 aromatic heterocycles. The summed E-state index contributed by atoms with van der Waals surface area (Å²) >= 11 is 0. The van der Waals surface area contributed by atoms with Crippen LogP contribution in [-0.2, 0) is 0 Å². The second-order valence-corrected chi connectivity index (χ2v) is 6.18. The van der Waals surface area contributed by atoms with Crippen molar-refractivity contribution in [3.63, 3.8) is 0 Å². The highest BCUT2D eigenvalue weighted by Gasteiger charge is 2.34. The Morgan fingerprint density at radius 2 is 1.36 bits per heavy atom. The molecule has 3 N–H and O–H groups in total. The topological polar surface area (TPSA) is 80.4 Å². The number of nitrogens with two attached hydrogens (primary N) is 1. The first-order valence-corrected chi connectivity index (χ1v) is 7.90. The van der Waals surface area contributed by atoms with Gasteiger partial charge in [0.1, 0.15) is 5.75 Å². The van der Waals surface area contributed by atoms with Gasteiger partial charge in [0, 0.05) is 22.4 Å². The van der Waals surface area contributed by atoms with E-state index in [0.29, 0.717) is 11.1 Å². The van der Waals surface area contributed by atoms with E-state index < -0.39 is 0 Å². The third-order valence-corrected chi connectivity index (χ3v) is 4.56. The second kappa shape index (κ2) is 5.31. The van der Waals surface area contributed by atoms with E-state index in [2.05, 4.69) is 0 Å². The molecular weight excluding hydrogens is 314 g/mol. The molecule has 3 aromatic rings. The van der Waals surface area contributed by atoms with Gasteiger partial charge in [-0.25, -0.2) is 0 Å². The fourth-order valence-corrected chi connectivity index (χ4v) is 3.26. The van der Waals surface area contributed by atoms with Gasteiger partial charge in [0.25, 0.3) is 0 Å². The van der Waals surface area contributed by atoms with Crippen LogP contribution in [0.5, 0.6) is 5.75 Å². The van der Waals surface area contributed by atoms with Gasteiger partial charge >= 0.3 is 0 Å². The molecule has 0 fully saturated rings. The molecule has 0 bridgehead atoms. The number of fused-ring (bicyclic) bond motifs is 2. The zero-order chi connectivity index (χ0) is 17.7. The highest BCUT2D eigenvalue weighted by Crippen LogP contribution is 2.42. The SMILES string of the molecule is Cc1ccc(-c2cc(N)c3c(c2O)C(=O)c2ccccc2C3=O)cc1. The molecule has 0 atom stereocenters. The van der Waals surface area contributed by atoms with Crippen LogP contribution < -0.4 is 5.73 Å². The first kappa shape index (κ1) is 15.1. The Morgan fingerprint density at radius 1 is 0.800 bits per heavy atom. The summed E-state index contributed by atoms with van der Waals surface area (Å²) in [6.45, 7) is 1.96. The number of benzene rings is 3. The molecule has 1 aliphatic rings. The van der Waals surface area contributed by atoms with Gasteiger partial charge in [-0.1, -0.05) is 54.1 Å². The summed E-state index contributed by atoms with van der Waals surface area (Å²) in [4.78, 5) is 25.7. The summed E-state index contributed by atoms with van der Waals surface area (Å²) in [6, 6.07) is 15.6. The van der Waals surface area contributed by atoms with Crippen LogP contribution in [0.2, 0.25) is 0 Å². The van der Waals surface area contributed by atoms with E-state index in [1.807, 2.05) is 31.2 Å². The number of rotatable bonds is 1. The monoisotopic (exact) mass is 329 g/mol. The number of carbonyl (C=O) groups excluding carboxylic acids is 2. The Hall–Kier alpha value is -3.40. The molecule has 0 heterocycles. The lowest BCUT2D eigenvalue weighted by molar-refractivity contribution is 0.0977. The summed E-state index contributed by atoms with van der Waals surface area (Å²) in [5.41, 5.74) is 9.22. The number of hydrogen-bond donors (Lipinski definition) is 2. The van der Waals surface area contributed by atoms with Gasteiger partial charge in [0.15, 0.2) is 11.6 Å². The number of nitrogen functional groups attached to an aromatic ring is 1. The molecule has 1 aliphatic carbocycles. The van der Waals surface area contributed by atoms with Crippen LogP contribution >= 0.6 is 0 Å². The predicted octanol–water partition coefficient (Wildman–Crippen LogP) is 3.73. The highest BCUT2D eigenvalue weighted by molar-refractivity contribution is 6.31. The number of phenols is 1. The smallest absolute Gasteiger partial charge is 0.198 e. The predicted molar refractivity (Wildman–Crippen MR) is 96.0 cm³/mol. The number of aryl methyl sites for hydroxylation is 1. The van der Waals surface area contributed by atoms with E-state index in [-0.39, 0.29) is 39.7 Å². The Kier molecular flexibility index (Phi) is 3.22.